The average molecular weight is 469 g/mol. The van der Waals surface area contributed by atoms with E-state index in [1.54, 1.807) is 0 Å². The van der Waals surface area contributed by atoms with E-state index in [2.05, 4.69) is 58.1 Å². The molecule has 2 aromatic rings. The molecule has 1 amide bonds. The summed E-state index contributed by atoms with van der Waals surface area (Å²) in [6.45, 7) is 4.42. The Morgan fingerprint density at radius 1 is 1.20 bits per heavy atom. The number of carbonyl (C=O) groups is 1. The first-order chi connectivity index (χ1) is 14.4. The predicted octanol–water partition coefficient (Wildman–Crippen LogP) is 4.27. The van der Waals surface area contributed by atoms with Gasteiger partial charge in [0, 0.05) is 34.6 Å². The minimum atomic E-state index is -0.353. The molecular formula is C25H29BrN2O2. The number of amides is 1. The second kappa shape index (κ2) is 7.47. The zero-order valence-corrected chi connectivity index (χ0v) is 18.9. The molecule has 5 heteroatoms. The van der Waals surface area contributed by atoms with Crippen LogP contribution in [0.4, 0.5) is 0 Å². The second-order valence-electron chi connectivity index (χ2n) is 9.39. The summed E-state index contributed by atoms with van der Waals surface area (Å²) >= 11 is 3.63. The molecular weight excluding hydrogens is 440 g/mol. The number of carbonyl (C=O) groups excluding carboxylic acids is 1. The number of nitrogens with zero attached hydrogens (tertiary/aromatic N) is 1. The number of hydrogen-bond donors (Lipinski definition) is 2. The SMILES string of the molecule is CCC1(c2cccc(C(N)=O)c2)C2CN(C(c3cccc(Br)c3)C3CC(O)C3)CC21. The van der Waals surface area contributed by atoms with Crippen molar-refractivity contribution >= 4 is 21.8 Å². The third kappa shape index (κ3) is 3.14. The molecule has 5 rings (SSSR count). The zero-order valence-electron chi connectivity index (χ0n) is 17.3. The lowest BCUT2D eigenvalue weighted by Crippen LogP contribution is -2.43. The number of aliphatic hydroxyl groups excluding tert-OH is 1. The van der Waals surface area contributed by atoms with Crippen molar-refractivity contribution in [3.05, 3.63) is 69.7 Å². The number of fused-ring (bicyclic) bond motifs is 1. The summed E-state index contributed by atoms with van der Waals surface area (Å²) in [5, 5.41) is 9.95. The number of hydrogen-bond acceptors (Lipinski definition) is 3. The first-order valence-electron chi connectivity index (χ1n) is 11.0. The van der Waals surface area contributed by atoms with Crippen LogP contribution in [0.25, 0.3) is 0 Å². The Kier molecular flexibility index (Phi) is 5.04. The summed E-state index contributed by atoms with van der Waals surface area (Å²) < 4.78 is 1.11. The average Bonchev–Trinajstić information content (AvgIpc) is 3.08. The summed E-state index contributed by atoms with van der Waals surface area (Å²) in [6.07, 6.45) is 2.72. The molecule has 4 nitrogen and oxygen atoms in total. The Balaban J connectivity index is 1.39. The number of likely N-dealkylation sites (tertiary alicyclic amines) is 1. The Labute approximate surface area is 186 Å². The lowest BCUT2D eigenvalue weighted by Gasteiger charge is -2.44. The lowest BCUT2D eigenvalue weighted by atomic mass is 9.74. The molecule has 3 fully saturated rings. The highest BCUT2D eigenvalue weighted by molar-refractivity contribution is 9.10. The van der Waals surface area contributed by atoms with E-state index in [9.17, 15) is 9.90 Å². The molecule has 2 aromatic carbocycles. The standard InChI is InChI=1S/C25H29BrN2O2/c1-2-25(18-7-3-6-16(9-18)24(27)30)21-13-28(14-22(21)25)23(17-11-20(29)12-17)15-5-4-8-19(26)10-15/h3-10,17,20-23,29H,2,11-14H2,1H3,(H2,27,30). The van der Waals surface area contributed by atoms with E-state index in [4.69, 9.17) is 5.73 Å². The van der Waals surface area contributed by atoms with Gasteiger partial charge >= 0.3 is 0 Å². The van der Waals surface area contributed by atoms with Gasteiger partial charge in [0.05, 0.1) is 6.10 Å². The number of rotatable bonds is 6. The molecule has 0 radical (unpaired) electrons. The fourth-order valence-corrected chi connectivity index (χ4v) is 6.89. The molecule has 1 heterocycles. The van der Waals surface area contributed by atoms with Crippen LogP contribution >= 0.6 is 15.9 Å². The molecule has 1 aliphatic heterocycles. The molecule has 3 atom stereocenters. The molecule has 3 aliphatic rings. The van der Waals surface area contributed by atoms with Crippen LogP contribution in [0.3, 0.4) is 0 Å². The highest BCUT2D eigenvalue weighted by Crippen LogP contribution is 2.66. The van der Waals surface area contributed by atoms with Gasteiger partial charge in [-0.25, -0.2) is 0 Å². The Bertz CT molecular complexity index is 959. The monoisotopic (exact) mass is 468 g/mol. The smallest absolute Gasteiger partial charge is 0.248 e. The van der Waals surface area contributed by atoms with Crippen molar-refractivity contribution in [1.29, 1.82) is 0 Å². The topological polar surface area (TPSA) is 66.6 Å². The van der Waals surface area contributed by atoms with Crippen molar-refractivity contribution in [2.24, 2.45) is 23.5 Å². The largest absolute Gasteiger partial charge is 0.393 e. The van der Waals surface area contributed by atoms with Crippen LogP contribution in [0.15, 0.2) is 53.0 Å². The van der Waals surface area contributed by atoms with Gasteiger partial charge in [0.15, 0.2) is 0 Å². The molecule has 0 aromatic heterocycles. The van der Waals surface area contributed by atoms with E-state index in [0.717, 1.165) is 36.8 Å². The van der Waals surface area contributed by atoms with Crippen molar-refractivity contribution in [1.82, 2.24) is 4.90 Å². The van der Waals surface area contributed by atoms with Crippen molar-refractivity contribution < 1.29 is 9.90 Å². The summed E-state index contributed by atoms with van der Waals surface area (Å²) in [6, 6.07) is 17.0. The highest BCUT2D eigenvalue weighted by Gasteiger charge is 2.68. The van der Waals surface area contributed by atoms with E-state index in [0.29, 0.717) is 29.4 Å². The fraction of sp³-hybridized carbons (Fsp3) is 0.480. The van der Waals surface area contributed by atoms with E-state index >= 15 is 0 Å². The third-order valence-corrected chi connectivity index (χ3v) is 8.50. The third-order valence-electron chi connectivity index (χ3n) is 8.01. The van der Waals surface area contributed by atoms with Crippen LogP contribution < -0.4 is 5.73 Å². The zero-order chi connectivity index (χ0) is 21.0. The Morgan fingerprint density at radius 3 is 2.50 bits per heavy atom. The number of aliphatic hydroxyl groups is 1. The van der Waals surface area contributed by atoms with E-state index in [1.807, 2.05) is 18.2 Å². The van der Waals surface area contributed by atoms with Crippen molar-refractivity contribution in [2.45, 2.75) is 43.7 Å². The molecule has 3 unspecified atom stereocenters. The van der Waals surface area contributed by atoms with Gasteiger partial charge in [0.1, 0.15) is 0 Å². The molecule has 0 bridgehead atoms. The molecule has 1 saturated heterocycles. The van der Waals surface area contributed by atoms with Crippen LogP contribution in [0.1, 0.15) is 53.7 Å². The van der Waals surface area contributed by atoms with Gasteiger partial charge in [0.2, 0.25) is 5.91 Å². The molecule has 2 aliphatic carbocycles. The van der Waals surface area contributed by atoms with Gasteiger partial charge in [-0.3, -0.25) is 9.69 Å². The number of primary amides is 1. The summed E-state index contributed by atoms with van der Waals surface area (Å²) in [5.41, 5.74) is 8.94. The normalized spacial score (nSPS) is 33.6. The predicted molar refractivity (Wildman–Crippen MR) is 121 cm³/mol. The number of nitrogens with two attached hydrogens (primary N) is 1. The van der Waals surface area contributed by atoms with Crippen LogP contribution in [0.5, 0.6) is 0 Å². The minimum Gasteiger partial charge on any atom is -0.393 e. The molecule has 0 spiro atoms. The Hall–Kier alpha value is -1.69. The quantitative estimate of drug-likeness (QED) is 0.664. The van der Waals surface area contributed by atoms with E-state index in [-0.39, 0.29) is 17.4 Å². The Morgan fingerprint density at radius 2 is 1.90 bits per heavy atom. The first-order valence-corrected chi connectivity index (χ1v) is 11.8. The van der Waals surface area contributed by atoms with Gasteiger partial charge < -0.3 is 10.8 Å². The van der Waals surface area contributed by atoms with Gasteiger partial charge in [-0.1, -0.05) is 47.1 Å². The fourth-order valence-electron chi connectivity index (χ4n) is 6.47. The van der Waals surface area contributed by atoms with Crippen LogP contribution in [-0.2, 0) is 5.41 Å². The van der Waals surface area contributed by atoms with Crippen molar-refractivity contribution in [3.8, 4) is 0 Å². The molecule has 158 valence electrons. The van der Waals surface area contributed by atoms with Gasteiger partial charge in [-0.2, -0.15) is 0 Å². The van der Waals surface area contributed by atoms with Gasteiger partial charge in [0.25, 0.3) is 0 Å². The molecule has 30 heavy (non-hydrogen) atoms. The molecule has 3 N–H and O–H groups in total. The van der Waals surface area contributed by atoms with E-state index in [1.165, 1.54) is 11.1 Å². The minimum absolute atomic E-state index is 0.145. The first kappa shape index (κ1) is 20.2. The highest BCUT2D eigenvalue weighted by atomic mass is 79.9. The van der Waals surface area contributed by atoms with Gasteiger partial charge in [-0.05, 0) is 72.4 Å². The maximum Gasteiger partial charge on any atom is 0.248 e. The summed E-state index contributed by atoms with van der Waals surface area (Å²) in [7, 11) is 0. The number of benzene rings is 2. The number of piperidine rings is 1. The maximum atomic E-state index is 11.7. The van der Waals surface area contributed by atoms with E-state index < -0.39 is 0 Å². The van der Waals surface area contributed by atoms with Crippen LogP contribution in [0, 0.1) is 17.8 Å². The lowest BCUT2D eigenvalue weighted by molar-refractivity contribution is -0.00805. The maximum absolute atomic E-state index is 11.7. The number of halogens is 1. The van der Waals surface area contributed by atoms with Crippen molar-refractivity contribution in [2.75, 3.05) is 13.1 Å². The summed E-state index contributed by atoms with van der Waals surface area (Å²) in [4.78, 5) is 14.3. The van der Waals surface area contributed by atoms with Crippen LogP contribution in [-0.4, -0.2) is 35.1 Å². The second-order valence-corrected chi connectivity index (χ2v) is 10.3. The van der Waals surface area contributed by atoms with Gasteiger partial charge in [-0.15, -0.1) is 0 Å². The van der Waals surface area contributed by atoms with Crippen molar-refractivity contribution in [3.63, 3.8) is 0 Å². The molecule has 2 saturated carbocycles. The summed E-state index contributed by atoms with van der Waals surface area (Å²) in [5.74, 6) is 1.39. The van der Waals surface area contributed by atoms with Crippen LogP contribution in [0.2, 0.25) is 0 Å².